The van der Waals surface area contributed by atoms with Gasteiger partial charge in [-0.05, 0) is 60.9 Å². The fraction of sp³-hybridized carbons (Fsp3) is 0.364. The number of aldehydes is 1. The number of carbonyl (C=O) groups excluding carboxylic acids is 2. The monoisotopic (exact) mass is 381 g/mol. The molecule has 4 nitrogen and oxygen atoms in total. The Balaban J connectivity index is 1.75. The zero-order valence-electron chi connectivity index (χ0n) is 15.5. The first-order valence-corrected chi connectivity index (χ1v) is 10.3. The maximum absolute atomic E-state index is 12.0. The van der Waals surface area contributed by atoms with Gasteiger partial charge < -0.3 is 9.64 Å². The number of piperidine rings is 1. The Bertz CT molecular complexity index is 902. The summed E-state index contributed by atoms with van der Waals surface area (Å²) >= 11 is 1.61. The highest BCUT2D eigenvalue weighted by atomic mass is 32.1. The second kappa shape index (κ2) is 7.69. The van der Waals surface area contributed by atoms with Crippen molar-refractivity contribution in [1.29, 1.82) is 0 Å². The molecule has 2 aromatic rings. The van der Waals surface area contributed by atoms with Crippen LogP contribution >= 0.6 is 11.3 Å². The second-order valence-electron chi connectivity index (χ2n) is 6.93. The summed E-state index contributed by atoms with van der Waals surface area (Å²) in [7, 11) is 0. The van der Waals surface area contributed by atoms with E-state index in [9.17, 15) is 9.59 Å². The van der Waals surface area contributed by atoms with Crippen LogP contribution in [0, 0.1) is 0 Å². The van der Waals surface area contributed by atoms with Crippen LogP contribution in [-0.2, 0) is 17.6 Å². The Morgan fingerprint density at radius 2 is 1.93 bits per heavy atom. The van der Waals surface area contributed by atoms with Crippen molar-refractivity contribution in [2.75, 3.05) is 19.7 Å². The zero-order valence-corrected chi connectivity index (χ0v) is 16.3. The van der Waals surface area contributed by atoms with Crippen molar-refractivity contribution in [3.05, 3.63) is 62.3 Å². The fourth-order valence-corrected chi connectivity index (χ4v) is 5.07. The van der Waals surface area contributed by atoms with Crippen LogP contribution in [0.5, 0.6) is 0 Å². The van der Waals surface area contributed by atoms with Gasteiger partial charge in [-0.25, -0.2) is 4.79 Å². The summed E-state index contributed by atoms with van der Waals surface area (Å²) in [6.07, 6.45) is 4.38. The molecule has 2 heterocycles. The van der Waals surface area contributed by atoms with E-state index in [1.165, 1.54) is 32.7 Å². The SMILES string of the molecule is CCOC(=O)N1CCC(=C2c3ccccc3CCc3sc(C=O)cc32)CC1. The van der Waals surface area contributed by atoms with E-state index in [2.05, 4.69) is 30.3 Å². The van der Waals surface area contributed by atoms with Crippen molar-refractivity contribution in [3.63, 3.8) is 0 Å². The number of nitrogens with zero attached hydrogens (tertiary/aromatic N) is 1. The fourth-order valence-electron chi connectivity index (χ4n) is 4.09. The third-order valence-electron chi connectivity index (χ3n) is 5.37. The molecule has 0 bridgehead atoms. The minimum atomic E-state index is -0.220. The molecule has 1 aromatic heterocycles. The van der Waals surface area contributed by atoms with Crippen LogP contribution in [-0.4, -0.2) is 37.0 Å². The van der Waals surface area contributed by atoms with Gasteiger partial charge in [-0.3, -0.25) is 4.79 Å². The van der Waals surface area contributed by atoms with Crippen molar-refractivity contribution in [2.45, 2.75) is 32.6 Å². The van der Waals surface area contributed by atoms with Crippen LogP contribution in [0.15, 0.2) is 35.9 Å². The van der Waals surface area contributed by atoms with E-state index >= 15 is 0 Å². The molecule has 1 saturated heterocycles. The predicted molar refractivity (Wildman–Crippen MR) is 107 cm³/mol. The van der Waals surface area contributed by atoms with Gasteiger partial charge in [0.2, 0.25) is 0 Å². The van der Waals surface area contributed by atoms with Gasteiger partial charge in [-0.15, -0.1) is 11.3 Å². The first-order chi connectivity index (χ1) is 13.2. The first-order valence-electron chi connectivity index (χ1n) is 9.51. The highest BCUT2D eigenvalue weighted by Crippen LogP contribution is 2.41. The number of benzene rings is 1. The van der Waals surface area contributed by atoms with E-state index in [0.717, 1.165) is 36.8 Å². The van der Waals surface area contributed by atoms with Crippen LogP contribution in [0.3, 0.4) is 0 Å². The minimum Gasteiger partial charge on any atom is -0.450 e. The average Bonchev–Trinajstić information content (AvgIpc) is 3.04. The molecule has 1 aliphatic carbocycles. The van der Waals surface area contributed by atoms with Crippen molar-refractivity contribution >= 4 is 29.3 Å². The van der Waals surface area contributed by atoms with Crippen LogP contribution in [0.1, 0.15) is 51.0 Å². The minimum absolute atomic E-state index is 0.220. The quantitative estimate of drug-likeness (QED) is 0.708. The molecule has 1 aromatic carbocycles. The predicted octanol–water partition coefficient (Wildman–Crippen LogP) is 4.71. The molecule has 0 spiro atoms. The topological polar surface area (TPSA) is 46.6 Å². The number of thiophene rings is 1. The summed E-state index contributed by atoms with van der Waals surface area (Å²) in [5.74, 6) is 0. The van der Waals surface area contributed by atoms with Gasteiger partial charge in [0.1, 0.15) is 0 Å². The molecule has 2 aliphatic rings. The molecule has 5 heteroatoms. The van der Waals surface area contributed by atoms with E-state index in [1.807, 2.05) is 6.92 Å². The molecule has 0 radical (unpaired) electrons. The summed E-state index contributed by atoms with van der Waals surface area (Å²) in [6, 6.07) is 10.6. The van der Waals surface area contributed by atoms with Gasteiger partial charge in [0.25, 0.3) is 0 Å². The molecule has 0 saturated carbocycles. The molecule has 1 fully saturated rings. The second-order valence-corrected chi connectivity index (χ2v) is 8.09. The van der Waals surface area contributed by atoms with Gasteiger partial charge in [0.05, 0.1) is 11.5 Å². The molecule has 0 unspecified atom stereocenters. The lowest BCUT2D eigenvalue weighted by molar-refractivity contribution is 0.104. The number of likely N-dealkylation sites (tertiary alicyclic amines) is 1. The Morgan fingerprint density at radius 1 is 1.15 bits per heavy atom. The standard InChI is InChI=1S/C22H23NO3S/c1-2-26-22(25)23-11-9-16(10-12-23)21-18-6-4-3-5-15(18)7-8-20-19(21)13-17(14-24)27-20/h3-6,13-14H,2,7-12H2,1H3. The number of carbonyl (C=O) groups is 2. The third-order valence-corrected chi connectivity index (χ3v) is 6.49. The lowest BCUT2D eigenvalue weighted by Gasteiger charge is -2.29. The normalized spacial score (nSPS) is 16.4. The van der Waals surface area contributed by atoms with Crippen LogP contribution in [0.4, 0.5) is 4.79 Å². The lowest BCUT2D eigenvalue weighted by atomic mass is 9.87. The Morgan fingerprint density at radius 3 is 2.67 bits per heavy atom. The molecule has 1 aliphatic heterocycles. The number of rotatable bonds is 2. The van der Waals surface area contributed by atoms with Gasteiger partial charge in [0, 0.05) is 18.0 Å². The van der Waals surface area contributed by atoms with Crippen molar-refractivity contribution < 1.29 is 14.3 Å². The van der Waals surface area contributed by atoms with Gasteiger partial charge in [-0.1, -0.05) is 29.8 Å². The molecule has 0 N–H and O–H groups in total. The summed E-state index contributed by atoms with van der Waals surface area (Å²) in [4.78, 5) is 27.3. The molecule has 0 atom stereocenters. The van der Waals surface area contributed by atoms with Gasteiger partial charge in [-0.2, -0.15) is 0 Å². The van der Waals surface area contributed by atoms with E-state index in [0.29, 0.717) is 19.7 Å². The summed E-state index contributed by atoms with van der Waals surface area (Å²) < 4.78 is 5.15. The molecule has 4 rings (SSSR count). The maximum Gasteiger partial charge on any atom is 0.409 e. The van der Waals surface area contributed by atoms with Crippen molar-refractivity contribution in [1.82, 2.24) is 4.90 Å². The largest absolute Gasteiger partial charge is 0.450 e. The smallest absolute Gasteiger partial charge is 0.409 e. The Kier molecular flexibility index (Phi) is 5.12. The molecule has 27 heavy (non-hydrogen) atoms. The van der Waals surface area contributed by atoms with Crippen LogP contribution in [0.2, 0.25) is 0 Å². The summed E-state index contributed by atoms with van der Waals surface area (Å²) in [5, 5.41) is 0. The number of hydrogen-bond donors (Lipinski definition) is 0. The highest BCUT2D eigenvalue weighted by molar-refractivity contribution is 7.13. The lowest BCUT2D eigenvalue weighted by Crippen LogP contribution is -2.37. The van der Waals surface area contributed by atoms with Crippen molar-refractivity contribution in [2.24, 2.45) is 0 Å². The summed E-state index contributed by atoms with van der Waals surface area (Å²) in [6.45, 7) is 3.60. The molecule has 140 valence electrons. The van der Waals surface area contributed by atoms with E-state index < -0.39 is 0 Å². The van der Waals surface area contributed by atoms with Crippen molar-refractivity contribution in [3.8, 4) is 0 Å². The first kappa shape index (κ1) is 18.0. The maximum atomic E-state index is 12.0. The third kappa shape index (κ3) is 3.44. The number of hydrogen-bond acceptors (Lipinski definition) is 4. The Hall–Kier alpha value is -2.40. The van der Waals surface area contributed by atoms with Gasteiger partial charge in [0.15, 0.2) is 6.29 Å². The molecular weight excluding hydrogens is 358 g/mol. The molecule has 1 amide bonds. The average molecular weight is 381 g/mol. The van der Waals surface area contributed by atoms with Crippen LogP contribution in [0.25, 0.3) is 5.57 Å². The number of amides is 1. The molecular formula is C22H23NO3S. The zero-order chi connectivity index (χ0) is 18.8. The highest BCUT2D eigenvalue weighted by Gasteiger charge is 2.27. The number of fused-ring (bicyclic) bond motifs is 2. The number of aryl methyl sites for hydroxylation is 2. The van der Waals surface area contributed by atoms with E-state index in [4.69, 9.17) is 4.74 Å². The van der Waals surface area contributed by atoms with E-state index in [1.54, 1.807) is 16.2 Å². The summed E-state index contributed by atoms with van der Waals surface area (Å²) in [5.41, 5.74) is 6.52. The van der Waals surface area contributed by atoms with Gasteiger partial charge >= 0.3 is 6.09 Å². The Labute approximate surface area is 163 Å². The number of ether oxygens (including phenoxy) is 1. The van der Waals surface area contributed by atoms with Crippen LogP contribution < -0.4 is 0 Å². The van der Waals surface area contributed by atoms with E-state index in [-0.39, 0.29) is 6.09 Å².